The van der Waals surface area contributed by atoms with Gasteiger partial charge in [0.2, 0.25) is 0 Å². The maximum atomic E-state index is 12.6. The molecular weight excluding hydrogens is 394 g/mol. The van der Waals surface area contributed by atoms with Crippen LogP contribution in [0.15, 0.2) is 54.6 Å². The zero-order valence-electron chi connectivity index (χ0n) is 17.6. The van der Waals surface area contributed by atoms with Crippen molar-refractivity contribution >= 4 is 17.5 Å². The lowest BCUT2D eigenvalue weighted by Gasteiger charge is -2.33. The number of hydrogen-bond acceptors (Lipinski definition) is 5. The molecule has 0 aromatic heterocycles. The lowest BCUT2D eigenvalue weighted by Crippen LogP contribution is -2.47. The Hall–Kier alpha value is -2.74. The Labute approximate surface area is 182 Å². The van der Waals surface area contributed by atoms with Crippen molar-refractivity contribution in [3.05, 3.63) is 65.7 Å². The van der Waals surface area contributed by atoms with E-state index in [1.165, 1.54) is 5.56 Å². The molecule has 0 saturated carbocycles. The molecule has 7 heteroatoms. The normalized spacial score (nSPS) is 21.5. The van der Waals surface area contributed by atoms with Gasteiger partial charge in [-0.05, 0) is 36.6 Å². The minimum atomic E-state index is -0.403. The quantitative estimate of drug-likeness (QED) is 0.715. The summed E-state index contributed by atoms with van der Waals surface area (Å²) in [5.41, 5.74) is 2.37. The second-order valence-corrected chi connectivity index (χ2v) is 8.00. The van der Waals surface area contributed by atoms with Crippen LogP contribution in [0.1, 0.15) is 28.8 Å². The second kappa shape index (κ2) is 10.5. The molecule has 4 rings (SSSR count). The summed E-state index contributed by atoms with van der Waals surface area (Å²) in [6.07, 6.45) is 1.17. The Balaban J connectivity index is 1.26. The Bertz CT molecular complexity index is 883. The van der Waals surface area contributed by atoms with E-state index in [0.29, 0.717) is 31.0 Å². The predicted molar refractivity (Wildman–Crippen MR) is 118 cm³/mol. The van der Waals surface area contributed by atoms with Crippen LogP contribution in [0.4, 0.5) is 5.69 Å². The van der Waals surface area contributed by atoms with Gasteiger partial charge in [0.1, 0.15) is 6.10 Å². The van der Waals surface area contributed by atoms with Crippen LogP contribution in [0, 0.1) is 0 Å². The molecule has 2 amide bonds. The summed E-state index contributed by atoms with van der Waals surface area (Å²) < 4.78 is 11.2. The van der Waals surface area contributed by atoms with Crippen molar-refractivity contribution in [2.75, 3.05) is 38.2 Å². The highest BCUT2D eigenvalue weighted by atomic mass is 16.5. The van der Waals surface area contributed by atoms with Crippen LogP contribution < -0.4 is 10.6 Å². The summed E-state index contributed by atoms with van der Waals surface area (Å²) in [4.78, 5) is 27.2. The van der Waals surface area contributed by atoms with E-state index >= 15 is 0 Å². The van der Waals surface area contributed by atoms with Gasteiger partial charge in [0, 0.05) is 44.0 Å². The van der Waals surface area contributed by atoms with Gasteiger partial charge in [-0.1, -0.05) is 36.4 Å². The van der Waals surface area contributed by atoms with Crippen molar-refractivity contribution < 1.29 is 19.1 Å². The molecule has 0 bridgehead atoms. The summed E-state index contributed by atoms with van der Waals surface area (Å²) in [7, 11) is 0. The average molecular weight is 424 g/mol. The van der Waals surface area contributed by atoms with E-state index in [-0.39, 0.29) is 17.9 Å². The summed E-state index contributed by atoms with van der Waals surface area (Å²) in [6, 6.07) is 17.3. The Kier molecular flexibility index (Phi) is 7.30. The summed E-state index contributed by atoms with van der Waals surface area (Å²) in [5.74, 6) is -0.346. The van der Waals surface area contributed by atoms with Gasteiger partial charge in [-0.15, -0.1) is 0 Å². The number of amides is 2. The number of nitrogens with zero attached hydrogens (tertiary/aromatic N) is 1. The fourth-order valence-corrected chi connectivity index (χ4v) is 3.94. The van der Waals surface area contributed by atoms with Crippen LogP contribution in [-0.2, 0) is 20.8 Å². The summed E-state index contributed by atoms with van der Waals surface area (Å²) in [6.45, 7) is 4.24. The van der Waals surface area contributed by atoms with Gasteiger partial charge >= 0.3 is 0 Å². The molecule has 2 fully saturated rings. The van der Waals surface area contributed by atoms with Gasteiger partial charge in [0.25, 0.3) is 11.8 Å². The molecule has 0 unspecified atom stereocenters. The van der Waals surface area contributed by atoms with Crippen LogP contribution in [0.3, 0.4) is 0 Å². The zero-order valence-corrected chi connectivity index (χ0v) is 17.6. The first-order valence-electron chi connectivity index (χ1n) is 10.9. The van der Waals surface area contributed by atoms with Crippen molar-refractivity contribution in [1.29, 1.82) is 0 Å². The molecule has 2 saturated heterocycles. The SMILES string of the molecule is O=C(NC[C@H]1CN(Cc2ccccc2)CCO1)c1cccc(NC(=O)[C@@H]2CCCO2)c1. The molecule has 0 spiro atoms. The molecule has 2 heterocycles. The van der Waals surface area contributed by atoms with Gasteiger partial charge in [-0.2, -0.15) is 0 Å². The van der Waals surface area contributed by atoms with Gasteiger partial charge in [0.15, 0.2) is 0 Å². The van der Waals surface area contributed by atoms with E-state index in [1.54, 1.807) is 24.3 Å². The molecule has 2 atom stereocenters. The van der Waals surface area contributed by atoms with Crippen LogP contribution in [0.2, 0.25) is 0 Å². The summed E-state index contributed by atoms with van der Waals surface area (Å²) in [5, 5.41) is 5.80. The number of ether oxygens (including phenoxy) is 2. The number of hydrogen-bond donors (Lipinski definition) is 2. The first-order valence-corrected chi connectivity index (χ1v) is 10.9. The van der Waals surface area contributed by atoms with E-state index in [1.807, 2.05) is 18.2 Å². The third-order valence-corrected chi connectivity index (χ3v) is 5.58. The lowest BCUT2D eigenvalue weighted by atomic mass is 10.1. The Morgan fingerprint density at radius 1 is 1.03 bits per heavy atom. The molecule has 2 aliphatic heterocycles. The van der Waals surface area contributed by atoms with Crippen LogP contribution in [0.5, 0.6) is 0 Å². The highest BCUT2D eigenvalue weighted by Gasteiger charge is 2.24. The lowest BCUT2D eigenvalue weighted by molar-refractivity contribution is -0.124. The molecule has 2 aromatic rings. The standard InChI is InChI=1S/C24H29N3O4/c28-23(19-8-4-9-20(14-19)26-24(29)22-10-5-12-31-22)25-15-21-17-27(11-13-30-21)16-18-6-2-1-3-7-18/h1-4,6-9,14,21-22H,5,10-13,15-17H2,(H,25,28)(H,26,29)/t21-,22-/m0/s1. The molecule has 7 nitrogen and oxygen atoms in total. The average Bonchev–Trinajstić information content (AvgIpc) is 3.34. The first kappa shape index (κ1) is 21.5. The van der Waals surface area contributed by atoms with Crippen molar-refractivity contribution in [3.8, 4) is 0 Å². The van der Waals surface area contributed by atoms with E-state index in [9.17, 15) is 9.59 Å². The van der Waals surface area contributed by atoms with Gasteiger partial charge in [-0.25, -0.2) is 0 Å². The molecule has 164 valence electrons. The smallest absolute Gasteiger partial charge is 0.253 e. The van der Waals surface area contributed by atoms with E-state index in [2.05, 4.69) is 27.7 Å². The van der Waals surface area contributed by atoms with Crippen molar-refractivity contribution in [1.82, 2.24) is 10.2 Å². The monoisotopic (exact) mass is 423 g/mol. The van der Waals surface area contributed by atoms with E-state index in [4.69, 9.17) is 9.47 Å². The zero-order chi connectivity index (χ0) is 21.5. The van der Waals surface area contributed by atoms with Crippen LogP contribution >= 0.6 is 0 Å². The molecule has 0 radical (unpaired) electrons. The van der Waals surface area contributed by atoms with Crippen molar-refractivity contribution in [2.24, 2.45) is 0 Å². The number of carbonyl (C=O) groups excluding carboxylic acids is 2. The van der Waals surface area contributed by atoms with Crippen LogP contribution in [0.25, 0.3) is 0 Å². The highest BCUT2D eigenvalue weighted by molar-refractivity contribution is 5.98. The molecule has 2 aromatic carbocycles. The third kappa shape index (κ3) is 6.13. The predicted octanol–water partition coefficient (Wildman–Crippen LogP) is 2.43. The Morgan fingerprint density at radius 3 is 2.71 bits per heavy atom. The number of morpholine rings is 1. The summed E-state index contributed by atoms with van der Waals surface area (Å²) >= 11 is 0. The minimum absolute atomic E-state index is 0.0520. The number of anilines is 1. The number of rotatable bonds is 7. The number of benzene rings is 2. The largest absolute Gasteiger partial charge is 0.374 e. The maximum Gasteiger partial charge on any atom is 0.253 e. The van der Waals surface area contributed by atoms with Crippen molar-refractivity contribution in [3.63, 3.8) is 0 Å². The van der Waals surface area contributed by atoms with Gasteiger partial charge in [-0.3, -0.25) is 14.5 Å². The molecule has 31 heavy (non-hydrogen) atoms. The second-order valence-electron chi connectivity index (χ2n) is 8.00. The van der Waals surface area contributed by atoms with E-state index in [0.717, 1.165) is 32.5 Å². The minimum Gasteiger partial charge on any atom is -0.374 e. The molecule has 2 aliphatic rings. The highest BCUT2D eigenvalue weighted by Crippen LogP contribution is 2.16. The third-order valence-electron chi connectivity index (χ3n) is 5.58. The van der Waals surface area contributed by atoms with Gasteiger partial charge < -0.3 is 20.1 Å². The molecule has 2 N–H and O–H groups in total. The van der Waals surface area contributed by atoms with E-state index < -0.39 is 6.10 Å². The van der Waals surface area contributed by atoms with Gasteiger partial charge in [0.05, 0.1) is 12.7 Å². The number of carbonyl (C=O) groups is 2. The molecular formula is C24H29N3O4. The molecule has 0 aliphatic carbocycles. The van der Waals surface area contributed by atoms with Crippen LogP contribution in [-0.4, -0.2) is 61.8 Å². The first-order chi connectivity index (χ1) is 15.2. The maximum absolute atomic E-state index is 12.6. The fourth-order valence-electron chi connectivity index (χ4n) is 3.94. The fraction of sp³-hybridized carbons (Fsp3) is 0.417. The van der Waals surface area contributed by atoms with Crippen molar-refractivity contribution in [2.45, 2.75) is 31.6 Å². The number of nitrogens with one attached hydrogen (secondary N) is 2. The Morgan fingerprint density at radius 2 is 1.90 bits per heavy atom. The topological polar surface area (TPSA) is 79.9 Å².